The standard InChI is InChI=1S/C18H24N2O2S/c1-13(2)12-19-16-6-8-17(9-7-16)20-23(21,22)18-10-5-14(3)11-15(18)4/h5-11,13,19-20H,12H2,1-4H3. The lowest BCUT2D eigenvalue weighted by Gasteiger charge is -2.12. The molecule has 0 aliphatic heterocycles. The van der Waals surface area contributed by atoms with Gasteiger partial charge in [-0.2, -0.15) is 0 Å². The van der Waals surface area contributed by atoms with E-state index in [2.05, 4.69) is 23.9 Å². The summed E-state index contributed by atoms with van der Waals surface area (Å²) in [5.74, 6) is 0.553. The second-order valence-electron chi connectivity index (χ2n) is 6.23. The third-order valence-corrected chi connectivity index (χ3v) is 5.01. The second kappa shape index (κ2) is 7.04. The molecule has 2 rings (SSSR count). The van der Waals surface area contributed by atoms with Gasteiger partial charge in [-0.1, -0.05) is 31.5 Å². The van der Waals surface area contributed by atoms with E-state index in [0.29, 0.717) is 16.5 Å². The van der Waals surface area contributed by atoms with Crippen LogP contribution in [0, 0.1) is 19.8 Å². The summed E-state index contributed by atoms with van der Waals surface area (Å²) in [5.41, 5.74) is 3.32. The van der Waals surface area contributed by atoms with Crippen LogP contribution in [0.1, 0.15) is 25.0 Å². The Morgan fingerprint density at radius 1 is 0.957 bits per heavy atom. The number of anilines is 2. The van der Waals surface area contributed by atoms with Gasteiger partial charge in [0, 0.05) is 17.9 Å². The monoisotopic (exact) mass is 332 g/mol. The van der Waals surface area contributed by atoms with Gasteiger partial charge < -0.3 is 5.32 Å². The lowest BCUT2D eigenvalue weighted by molar-refractivity contribution is 0.600. The van der Waals surface area contributed by atoms with Crippen LogP contribution in [0.5, 0.6) is 0 Å². The van der Waals surface area contributed by atoms with Gasteiger partial charge in [-0.3, -0.25) is 4.72 Å². The fraction of sp³-hybridized carbons (Fsp3) is 0.333. The van der Waals surface area contributed by atoms with Crippen LogP contribution in [-0.4, -0.2) is 15.0 Å². The van der Waals surface area contributed by atoms with E-state index in [1.807, 2.05) is 25.1 Å². The van der Waals surface area contributed by atoms with Crippen LogP contribution in [0.4, 0.5) is 11.4 Å². The van der Waals surface area contributed by atoms with Crippen molar-refractivity contribution in [2.24, 2.45) is 5.92 Å². The fourth-order valence-electron chi connectivity index (χ4n) is 2.29. The second-order valence-corrected chi connectivity index (χ2v) is 7.88. The van der Waals surface area contributed by atoms with E-state index in [-0.39, 0.29) is 0 Å². The predicted octanol–water partition coefficient (Wildman–Crippen LogP) is 4.17. The van der Waals surface area contributed by atoms with Crippen molar-refractivity contribution in [3.8, 4) is 0 Å². The summed E-state index contributed by atoms with van der Waals surface area (Å²) in [4.78, 5) is 0.310. The Labute approximate surface area is 139 Å². The Morgan fingerprint density at radius 3 is 2.13 bits per heavy atom. The number of nitrogens with one attached hydrogen (secondary N) is 2. The lowest BCUT2D eigenvalue weighted by atomic mass is 10.2. The predicted molar refractivity (Wildman–Crippen MR) is 96.5 cm³/mol. The number of hydrogen-bond acceptors (Lipinski definition) is 3. The van der Waals surface area contributed by atoms with Gasteiger partial charge in [0.05, 0.1) is 4.90 Å². The summed E-state index contributed by atoms with van der Waals surface area (Å²) < 4.78 is 27.6. The number of hydrogen-bond donors (Lipinski definition) is 2. The highest BCUT2D eigenvalue weighted by Crippen LogP contribution is 2.21. The van der Waals surface area contributed by atoms with Crippen LogP contribution in [0.2, 0.25) is 0 Å². The van der Waals surface area contributed by atoms with Crippen molar-refractivity contribution in [2.75, 3.05) is 16.6 Å². The van der Waals surface area contributed by atoms with E-state index in [4.69, 9.17) is 0 Å². The highest BCUT2D eigenvalue weighted by molar-refractivity contribution is 7.92. The van der Waals surface area contributed by atoms with Crippen molar-refractivity contribution in [2.45, 2.75) is 32.6 Å². The minimum absolute atomic E-state index is 0.310. The molecule has 0 aliphatic rings. The van der Waals surface area contributed by atoms with Gasteiger partial charge in [0.15, 0.2) is 0 Å². The topological polar surface area (TPSA) is 58.2 Å². The van der Waals surface area contributed by atoms with Gasteiger partial charge in [0.1, 0.15) is 0 Å². The molecular formula is C18H24N2O2S. The Kier molecular flexibility index (Phi) is 5.31. The number of aryl methyl sites for hydroxylation is 2. The summed E-state index contributed by atoms with van der Waals surface area (Å²) in [6.07, 6.45) is 0. The molecule has 2 N–H and O–H groups in total. The van der Waals surface area contributed by atoms with Crippen LogP contribution in [0.15, 0.2) is 47.4 Å². The maximum absolute atomic E-state index is 12.5. The van der Waals surface area contributed by atoms with Crippen LogP contribution >= 0.6 is 0 Å². The quantitative estimate of drug-likeness (QED) is 0.834. The van der Waals surface area contributed by atoms with Crippen LogP contribution in [0.3, 0.4) is 0 Å². The molecule has 2 aromatic rings. The normalized spacial score (nSPS) is 11.5. The molecule has 4 nitrogen and oxygen atoms in total. The van der Waals surface area contributed by atoms with E-state index in [1.165, 1.54) is 0 Å². The molecule has 0 atom stereocenters. The molecule has 124 valence electrons. The third-order valence-electron chi connectivity index (χ3n) is 3.47. The Bertz CT molecular complexity index is 766. The largest absolute Gasteiger partial charge is 0.385 e. The minimum atomic E-state index is -3.57. The first-order valence-corrected chi connectivity index (χ1v) is 9.20. The molecule has 0 heterocycles. The summed E-state index contributed by atoms with van der Waals surface area (Å²) in [5, 5.41) is 3.30. The van der Waals surface area contributed by atoms with Gasteiger partial charge in [-0.25, -0.2) is 8.42 Å². The molecule has 0 aliphatic carbocycles. The highest BCUT2D eigenvalue weighted by atomic mass is 32.2. The van der Waals surface area contributed by atoms with Crippen molar-refractivity contribution in [3.05, 3.63) is 53.6 Å². The molecular weight excluding hydrogens is 308 g/mol. The van der Waals surface area contributed by atoms with Crippen molar-refractivity contribution in [1.29, 1.82) is 0 Å². The van der Waals surface area contributed by atoms with Gasteiger partial charge >= 0.3 is 0 Å². The average Bonchev–Trinajstić information content (AvgIpc) is 2.45. The molecule has 0 unspecified atom stereocenters. The van der Waals surface area contributed by atoms with Crippen molar-refractivity contribution < 1.29 is 8.42 Å². The van der Waals surface area contributed by atoms with Gasteiger partial charge in [0.2, 0.25) is 0 Å². The number of benzene rings is 2. The third kappa shape index (κ3) is 4.73. The molecule has 23 heavy (non-hydrogen) atoms. The summed E-state index contributed by atoms with van der Waals surface area (Å²) in [7, 11) is -3.57. The first-order chi connectivity index (χ1) is 10.8. The molecule has 0 amide bonds. The van der Waals surface area contributed by atoms with E-state index < -0.39 is 10.0 Å². The van der Waals surface area contributed by atoms with Crippen molar-refractivity contribution in [1.82, 2.24) is 0 Å². The summed E-state index contributed by atoms with van der Waals surface area (Å²) >= 11 is 0. The molecule has 0 saturated heterocycles. The van der Waals surface area contributed by atoms with Crippen LogP contribution in [-0.2, 0) is 10.0 Å². The average molecular weight is 332 g/mol. The molecule has 0 aromatic heterocycles. The summed E-state index contributed by atoms with van der Waals surface area (Å²) in [6.45, 7) is 8.91. The molecule has 0 fully saturated rings. The summed E-state index contributed by atoms with van der Waals surface area (Å²) in [6, 6.07) is 12.6. The molecule has 0 radical (unpaired) electrons. The van der Waals surface area contributed by atoms with E-state index in [1.54, 1.807) is 31.2 Å². The fourth-order valence-corrected chi connectivity index (χ4v) is 3.58. The van der Waals surface area contributed by atoms with Gasteiger partial charge in [-0.05, 0) is 55.7 Å². The van der Waals surface area contributed by atoms with E-state index in [0.717, 1.165) is 23.4 Å². The molecule has 0 bridgehead atoms. The molecule has 5 heteroatoms. The first-order valence-electron chi connectivity index (χ1n) is 7.72. The maximum atomic E-state index is 12.5. The number of sulfonamides is 1. The van der Waals surface area contributed by atoms with Crippen LogP contribution < -0.4 is 10.0 Å². The highest BCUT2D eigenvalue weighted by Gasteiger charge is 2.16. The molecule has 0 saturated carbocycles. The maximum Gasteiger partial charge on any atom is 0.262 e. The minimum Gasteiger partial charge on any atom is -0.385 e. The zero-order valence-electron chi connectivity index (χ0n) is 14.1. The Hall–Kier alpha value is -2.01. The van der Waals surface area contributed by atoms with Crippen LogP contribution in [0.25, 0.3) is 0 Å². The lowest BCUT2D eigenvalue weighted by Crippen LogP contribution is -2.14. The van der Waals surface area contributed by atoms with E-state index in [9.17, 15) is 8.42 Å². The Morgan fingerprint density at radius 2 is 1.57 bits per heavy atom. The van der Waals surface area contributed by atoms with Gasteiger partial charge in [0.25, 0.3) is 10.0 Å². The van der Waals surface area contributed by atoms with Crippen molar-refractivity contribution >= 4 is 21.4 Å². The smallest absolute Gasteiger partial charge is 0.262 e. The van der Waals surface area contributed by atoms with Crippen molar-refractivity contribution in [3.63, 3.8) is 0 Å². The van der Waals surface area contributed by atoms with E-state index >= 15 is 0 Å². The zero-order valence-corrected chi connectivity index (χ0v) is 14.9. The van der Waals surface area contributed by atoms with Gasteiger partial charge in [-0.15, -0.1) is 0 Å². The zero-order chi connectivity index (χ0) is 17.0. The first kappa shape index (κ1) is 17.3. The molecule has 0 spiro atoms. The molecule has 2 aromatic carbocycles. The SMILES string of the molecule is Cc1ccc(S(=O)(=O)Nc2ccc(NCC(C)C)cc2)c(C)c1. The number of rotatable bonds is 6. The Balaban J connectivity index is 2.14.